The van der Waals surface area contributed by atoms with Gasteiger partial charge in [-0.25, -0.2) is 8.42 Å². The number of hydrogen-bond acceptors (Lipinski definition) is 8. The Morgan fingerprint density at radius 3 is 2.33 bits per heavy atom. The lowest BCUT2D eigenvalue weighted by molar-refractivity contribution is -0.114. The van der Waals surface area contributed by atoms with Gasteiger partial charge in [-0.3, -0.25) is 14.3 Å². The van der Waals surface area contributed by atoms with Crippen LogP contribution in [0.5, 0.6) is 5.75 Å². The molecule has 0 bridgehead atoms. The van der Waals surface area contributed by atoms with E-state index in [1.165, 1.54) is 31.2 Å². The first-order valence-electron chi connectivity index (χ1n) is 10.7. The number of rotatable bonds is 9. The molecule has 0 unspecified atom stereocenters. The maximum absolute atomic E-state index is 13.0. The number of Topliss-reactive ketones (excluding diaryl/α,β-unsaturated/α-hetero) is 1. The minimum absolute atomic E-state index is 0.00751. The van der Waals surface area contributed by atoms with Gasteiger partial charge in [0.1, 0.15) is 12.3 Å². The van der Waals surface area contributed by atoms with Gasteiger partial charge >= 0.3 is 0 Å². The van der Waals surface area contributed by atoms with E-state index in [1.54, 1.807) is 55.6 Å². The van der Waals surface area contributed by atoms with Crippen molar-refractivity contribution in [3.05, 3.63) is 78.4 Å². The van der Waals surface area contributed by atoms with Crippen molar-refractivity contribution in [2.75, 3.05) is 17.1 Å². The van der Waals surface area contributed by atoms with Crippen LogP contribution in [-0.2, 0) is 21.4 Å². The van der Waals surface area contributed by atoms with Crippen LogP contribution < -0.4 is 14.8 Å². The summed E-state index contributed by atoms with van der Waals surface area (Å²) < 4.78 is 33.6. The molecule has 12 heteroatoms. The monoisotopic (exact) mass is 506 g/mol. The number of ether oxygens (including phenoxy) is 1. The maximum Gasteiger partial charge on any atom is 0.261 e. The summed E-state index contributed by atoms with van der Waals surface area (Å²) >= 11 is 0. The highest BCUT2D eigenvalue weighted by molar-refractivity contribution is 7.92. The second kappa shape index (κ2) is 10.4. The number of tetrazole rings is 1. The molecule has 0 saturated carbocycles. The molecule has 0 radical (unpaired) electrons. The minimum Gasteiger partial charge on any atom is -0.497 e. The van der Waals surface area contributed by atoms with Crippen LogP contribution in [0.15, 0.2) is 77.7 Å². The highest BCUT2D eigenvalue weighted by Gasteiger charge is 2.19. The number of aromatic nitrogens is 4. The van der Waals surface area contributed by atoms with Crippen molar-refractivity contribution in [3.8, 4) is 17.1 Å². The van der Waals surface area contributed by atoms with Crippen LogP contribution in [-0.4, -0.2) is 47.4 Å². The van der Waals surface area contributed by atoms with Crippen LogP contribution in [0, 0.1) is 0 Å². The smallest absolute Gasteiger partial charge is 0.261 e. The molecule has 4 aromatic rings. The molecule has 3 aromatic carbocycles. The lowest BCUT2D eigenvalue weighted by Gasteiger charge is -2.11. The molecule has 0 fully saturated rings. The number of anilines is 2. The van der Waals surface area contributed by atoms with Gasteiger partial charge in [0.2, 0.25) is 11.7 Å². The van der Waals surface area contributed by atoms with Crippen LogP contribution in [0.2, 0.25) is 0 Å². The van der Waals surface area contributed by atoms with Crippen LogP contribution in [0.25, 0.3) is 11.4 Å². The van der Waals surface area contributed by atoms with Gasteiger partial charge < -0.3 is 10.1 Å². The Bertz CT molecular complexity index is 1500. The molecule has 184 valence electrons. The van der Waals surface area contributed by atoms with E-state index in [9.17, 15) is 18.0 Å². The van der Waals surface area contributed by atoms with Gasteiger partial charge in [-0.15, -0.1) is 10.2 Å². The second-order valence-corrected chi connectivity index (χ2v) is 9.33. The van der Waals surface area contributed by atoms with Gasteiger partial charge in [0.25, 0.3) is 10.0 Å². The van der Waals surface area contributed by atoms with E-state index in [1.807, 2.05) is 0 Å². The van der Waals surface area contributed by atoms with E-state index < -0.39 is 10.0 Å². The number of carbonyl (C=O) groups excluding carboxylic acids is 2. The summed E-state index contributed by atoms with van der Waals surface area (Å²) in [5.74, 6) is 0.300. The van der Waals surface area contributed by atoms with Crippen molar-refractivity contribution in [2.24, 2.45) is 0 Å². The average Bonchev–Trinajstić information content (AvgIpc) is 3.32. The molecule has 1 heterocycles. The molecule has 0 atom stereocenters. The van der Waals surface area contributed by atoms with Gasteiger partial charge in [0.15, 0.2) is 5.78 Å². The average molecular weight is 507 g/mol. The molecule has 0 aliphatic heterocycles. The number of carbonyl (C=O) groups is 2. The summed E-state index contributed by atoms with van der Waals surface area (Å²) in [5.41, 5.74) is 1.57. The normalized spacial score (nSPS) is 11.1. The molecule has 36 heavy (non-hydrogen) atoms. The van der Waals surface area contributed by atoms with Crippen LogP contribution >= 0.6 is 0 Å². The molecule has 0 spiro atoms. The lowest BCUT2D eigenvalue weighted by atomic mass is 10.1. The molecule has 2 N–H and O–H groups in total. The Kier molecular flexibility index (Phi) is 7.06. The summed E-state index contributed by atoms with van der Waals surface area (Å²) in [6.07, 6.45) is 0. The predicted molar refractivity (Wildman–Crippen MR) is 132 cm³/mol. The topological polar surface area (TPSA) is 145 Å². The largest absolute Gasteiger partial charge is 0.497 e. The van der Waals surface area contributed by atoms with E-state index in [2.05, 4.69) is 25.4 Å². The SMILES string of the molecule is COc1ccc(C(=O)Cn2nnc(-c3ccccc3NS(=O)(=O)c3ccc(NC(C)=O)cc3)n2)cc1. The maximum atomic E-state index is 13.0. The fraction of sp³-hybridized carbons (Fsp3) is 0.125. The number of para-hydroxylation sites is 1. The number of ketones is 1. The Morgan fingerprint density at radius 2 is 1.67 bits per heavy atom. The lowest BCUT2D eigenvalue weighted by Crippen LogP contribution is -2.14. The van der Waals surface area contributed by atoms with Crippen LogP contribution in [0.1, 0.15) is 17.3 Å². The highest BCUT2D eigenvalue weighted by atomic mass is 32.2. The van der Waals surface area contributed by atoms with E-state index in [-0.39, 0.29) is 34.6 Å². The number of nitrogens with zero attached hydrogens (tertiary/aromatic N) is 4. The Morgan fingerprint density at radius 1 is 0.972 bits per heavy atom. The molecule has 4 rings (SSSR count). The van der Waals surface area contributed by atoms with Gasteiger partial charge in [-0.2, -0.15) is 4.80 Å². The van der Waals surface area contributed by atoms with Gasteiger partial charge in [0.05, 0.1) is 17.7 Å². The first-order chi connectivity index (χ1) is 17.2. The van der Waals surface area contributed by atoms with Crippen molar-refractivity contribution >= 4 is 33.1 Å². The number of nitrogens with one attached hydrogen (secondary N) is 2. The van der Waals surface area contributed by atoms with E-state index in [0.717, 1.165) is 4.80 Å². The van der Waals surface area contributed by atoms with Crippen molar-refractivity contribution in [2.45, 2.75) is 18.4 Å². The number of benzene rings is 3. The zero-order valence-electron chi connectivity index (χ0n) is 19.4. The Hall–Kier alpha value is -4.58. The van der Waals surface area contributed by atoms with Crippen molar-refractivity contribution in [3.63, 3.8) is 0 Å². The fourth-order valence-electron chi connectivity index (χ4n) is 3.31. The number of sulfonamides is 1. The molecule has 0 aliphatic carbocycles. The minimum atomic E-state index is -3.95. The molecule has 1 aromatic heterocycles. The Balaban J connectivity index is 1.52. The quantitative estimate of drug-likeness (QED) is 0.330. The first-order valence-corrected chi connectivity index (χ1v) is 12.2. The van der Waals surface area contributed by atoms with E-state index in [4.69, 9.17) is 4.74 Å². The molecule has 11 nitrogen and oxygen atoms in total. The molecular weight excluding hydrogens is 484 g/mol. The third kappa shape index (κ3) is 5.73. The van der Waals surface area contributed by atoms with Gasteiger partial charge in [-0.05, 0) is 65.9 Å². The van der Waals surface area contributed by atoms with Crippen molar-refractivity contribution in [1.82, 2.24) is 20.2 Å². The van der Waals surface area contributed by atoms with E-state index in [0.29, 0.717) is 22.6 Å². The summed E-state index contributed by atoms with van der Waals surface area (Å²) in [6, 6.07) is 19.0. The zero-order chi connectivity index (χ0) is 25.7. The molecule has 1 amide bonds. The second-order valence-electron chi connectivity index (χ2n) is 7.65. The summed E-state index contributed by atoms with van der Waals surface area (Å²) in [5, 5.41) is 14.8. The molecule has 0 saturated heterocycles. The number of amides is 1. The summed E-state index contributed by atoms with van der Waals surface area (Å²) in [7, 11) is -2.41. The Labute approximate surface area is 207 Å². The van der Waals surface area contributed by atoms with Crippen molar-refractivity contribution < 1.29 is 22.7 Å². The highest BCUT2D eigenvalue weighted by Crippen LogP contribution is 2.27. The molecular formula is C24H22N6O5S. The number of methoxy groups -OCH3 is 1. The van der Waals surface area contributed by atoms with Gasteiger partial charge in [-0.1, -0.05) is 12.1 Å². The zero-order valence-corrected chi connectivity index (χ0v) is 20.2. The van der Waals surface area contributed by atoms with Crippen LogP contribution in [0.3, 0.4) is 0 Å². The van der Waals surface area contributed by atoms with Gasteiger partial charge in [0, 0.05) is 23.7 Å². The molecule has 0 aliphatic rings. The summed E-state index contributed by atoms with van der Waals surface area (Å²) in [6.45, 7) is 1.22. The number of hydrogen-bond donors (Lipinski definition) is 2. The van der Waals surface area contributed by atoms with Crippen LogP contribution in [0.4, 0.5) is 11.4 Å². The van der Waals surface area contributed by atoms with Crippen molar-refractivity contribution in [1.29, 1.82) is 0 Å². The summed E-state index contributed by atoms with van der Waals surface area (Å²) in [4.78, 5) is 24.9. The van der Waals surface area contributed by atoms with E-state index >= 15 is 0 Å². The third-order valence-electron chi connectivity index (χ3n) is 5.05. The third-order valence-corrected chi connectivity index (χ3v) is 6.43. The fourth-order valence-corrected chi connectivity index (χ4v) is 4.39. The predicted octanol–water partition coefficient (Wildman–Crippen LogP) is 2.99. The first kappa shape index (κ1) is 24.5. The standard InChI is InChI=1S/C24H22N6O5S/c1-16(31)25-18-9-13-20(14-10-18)36(33,34)28-22-6-4-3-5-21(22)24-26-29-30(27-24)15-23(32)17-7-11-19(35-2)12-8-17/h3-14,28H,15H2,1-2H3,(H,25,31).